The van der Waals surface area contributed by atoms with Crippen molar-refractivity contribution in [2.75, 3.05) is 6.61 Å². The number of aliphatic hydroxyl groups is 1. The topological polar surface area (TPSA) is 80.7 Å². The van der Waals surface area contributed by atoms with Crippen molar-refractivity contribution in [2.45, 2.75) is 37.8 Å². The molecule has 2 unspecified atom stereocenters. The van der Waals surface area contributed by atoms with Crippen molar-refractivity contribution in [2.24, 2.45) is 10.9 Å². The zero-order valence-corrected chi connectivity index (χ0v) is 13.7. The molecule has 3 rings (SSSR count). The number of aromatic nitrogens is 1. The summed E-state index contributed by atoms with van der Waals surface area (Å²) in [5.41, 5.74) is 9.19. The van der Waals surface area contributed by atoms with Crippen molar-refractivity contribution in [1.82, 2.24) is 4.98 Å². The van der Waals surface area contributed by atoms with Gasteiger partial charge < -0.3 is 15.7 Å². The second-order valence-electron chi connectivity index (χ2n) is 5.74. The molecule has 122 valence electrons. The van der Waals surface area contributed by atoms with Crippen LogP contribution in [-0.4, -0.2) is 34.6 Å². The monoisotopic (exact) mass is 331 g/mol. The Morgan fingerprint density at radius 2 is 2.30 bits per heavy atom. The maximum Gasteiger partial charge on any atom is 0.144 e. The number of pyridine rings is 1. The minimum absolute atomic E-state index is 0.102. The fourth-order valence-corrected chi connectivity index (χ4v) is 3.62. The minimum atomic E-state index is -0.759. The van der Waals surface area contributed by atoms with Gasteiger partial charge in [0.15, 0.2) is 0 Å². The quantitative estimate of drug-likeness (QED) is 0.795. The summed E-state index contributed by atoms with van der Waals surface area (Å²) >= 11 is 1.76. The number of fused-ring (bicyclic) bond motifs is 1. The summed E-state index contributed by atoms with van der Waals surface area (Å²) in [6.07, 6.45) is 6.40. The van der Waals surface area contributed by atoms with Gasteiger partial charge in [-0.05, 0) is 48.8 Å². The first kappa shape index (κ1) is 16.1. The first-order valence-corrected chi connectivity index (χ1v) is 8.70. The smallest absolute Gasteiger partial charge is 0.144 e. The first-order chi connectivity index (χ1) is 11.2. The van der Waals surface area contributed by atoms with E-state index in [-0.39, 0.29) is 6.61 Å². The average molecular weight is 331 g/mol. The Morgan fingerprint density at radius 3 is 3.13 bits per heavy atom. The van der Waals surface area contributed by atoms with Crippen molar-refractivity contribution in [3.05, 3.63) is 52.0 Å². The molecule has 1 aliphatic rings. The molecule has 0 radical (unpaired) electrons. The van der Waals surface area contributed by atoms with Gasteiger partial charge >= 0.3 is 0 Å². The number of aryl methyl sites for hydroxylation is 1. The molecule has 0 fully saturated rings. The SMILES string of the molecule is NC(Cc1cccnc1)C(O)CO/N=C1\CCCc2sccc21. The predicted molar refractivity (Wildman–Crippen MR) is 91.7 cm³/mol. The summed E-state index contributed by atoms with van der Waals surface area (Å²) < 4.78 is 0. The van der Waals surface area contributed by atoms with Gasteiger partial charge in [-0.1, -0.05) is 11.2 Å². The van der Waals surface area contributed by atoms with E-state index in [4.69, 9.17) is 10.6 Å². The molecule has 0 amide bonds. The van der Waals surface area contributed by atoms with E-state index in [2.05, 4.69) is 21.6 Å². The second kappa shape index (κ2) is 7.68. The third-order valence-corrected chi connectivity index (χ3v) is 4.96. The molecule has 0 spiro atoms. The number of rotatable bonds is 6. The van der Waals surface area contributed by atoms with Gasteiger partial charge in [0, 0.05) is 28.9 Å². The Balaban J connectivity index is 1.52. The van der Waals surface area contributed by atoms with Crippen LogP contribution >= 0.6 is 11.3 Å². The summed E-state index contributed by atoms with van der Waals surface area (Å²) in [6, 6.07) is 5.49. The summed E-state index contributed by atoms with van der Waals surface area (Å²) in [5.74, 6) is 0. The highest BCUT2D eigenvalue weighted by molar-refractivity contribution is 7.10. The lowest BCUT2D eigenvalue weighted by atomic mass is 9.97. The van der Waals surface area contributed by atoms with Crippen LogP contribution in [0.2, 0.25) is 0 Å². The molecule has 0 aliphatic heterocycles. The minimum Gasteiger partial charge on any atom is -0.393 e. The molecule has 2 atom stereocenters. The Bertz CT molecular complexity index is 657. The van der Waals surface area contributed by atoms with Crippen LogP contribution < -0.4 is 5.73 Å². The highest BCUT2D eigenvalue weighted by Gasteiger charge is 2.19. The summed E-state index contributed by atoms with van der Waals surface area (Å²) in [6.45, 7) is 0.102. The number of aliphatic hydroxyl groups excluding tert-OH is 1. The highest BCUT2D eigenvalue weighted by Crippen LogP contribution is 2.26. The van der Waals surface area contributed by atoms with E-state index in [0.29, 0.717) is 6.42 Å². The van der Waals surface area contributed by atoms with Gasteiger partial charge in [0.25, 0.3) is 0 Å². The first-order valence-electron chi connectivity index (χ1n) is 7.82. The molecule has 0 saturated heterocycles. The molecule has 2 aromatic heterocycles. The molecule has 2 heterocycles. The number of hydrogen-bond donors (Lipinski definition) is 2. The van der Waals surface area contributed by atoms with E-state index in [1.165, 1.54) is 10.4 Å². The van der Waals surface area contributed by atoms with Crippen LogP contribution in [0.5, 0.6) is 0 Å². The molecule has 6 heteroatoms. The van der Waals surface area contributed by atoms with E-state index in [0.717, 1.165) is 30.5 Å². The van der Waals surface area contributed by atoms with Gasteiger partial charge in [0.1, 0.15) is 12.7 Å². The van der Waals surface area contributed by atoms with E-state index < -0.39 is 12.1 Å². The fourth-order valence-electron chi connectivity index (χ4n) is 2.68. The van der Waals surface area contributed by atoms with Crippen molar-refractivity contribution >= 4 is 17.0 Å². The molecular weight excluding hydrogens is 310 g/mol. The lowest BCUT2D eigenvalue weighted by Crippen LogP contribution is -2.39. The van der Waals surface area contributed by atoms with Gasteiger partial charge in [-0.2, -0.15) is 0 Å². The van der Waals surface area contributed by atoms with E-state index >= 15 is 0 Å². The fraction of sp³-hybridized carbons (Fsp3) is 0.412. The molecule has 3 N–H and O–H groups in total. The maximum absolute atomic E-state index is 10.1. The van der Waals surface area contributed by atoms with Gasteiger partial charge in [-0.3, -0.25) is 4.98 Å². The third kappa shape index (κ3) is 4.16. The zero-order chi connectivity index (χ0) is 16.1. The average Bonchev–Trinajstić information content (AvgIpc) is 3.05. The third-order valence-electron chi connectivity index (χ3n) is 3.98. The standard InChI is InChI=1S/C17H21N3O2S/c18-14(9-12-3-2-7-19-10-12)16(21)11-22-20-15-4-1-5-17-13(15)6-8-23-17/h2-3,6-8,10,14,16,21H,1,4-5,9,11,18H2/b20-15+. The maximum atomic E-state index is 10.1. The molecule has 23 heavy (non-hydrogen) atoms. The predicted octanol–water partition coefficient (Wildman–Crippen LogP) is 2.13. The van der Waals surface area contributed by atoms with Crippen molar-refractivity contribution in [3.63, 3.8) is 0 Å². The van der Waals surface area contributed by atoms with Crippen LogP contribution in [0.1, 0.15) is 28.8 Å². The molecule has 0 aromatic carbocycles. The molecule has 5 nitrogen and oxygen atoms in total. The van der Waals surface area contributed by atoms with E-state index in [1.807, 2.05) is 12.1 Å². The normalized spacial score (nSPS) is 18.4. The molecule has 0 bridgehead atoms. The van der Waals surface area contributed by atoms with Crippen LogP contribution in [0.15, 0.2) is 41.1 Å². The van der Waals surface area contributed by atoms with Gasteiger partial charge in [0.05, 0.1) is 5.71 Å². The Kier molecular flexibility index (Phi) is 5.38. The van der Waals surface area contributed by atoms with Crippen LogP contribution in [-0.2, 0) is 17.7 Å². The molecule has 1 aliphatic carbocycles. The largest absolute Gasteiger partial charge is 0.393 e. The van der Waals surface area contributed by atoms with Crippen LogP contribution in [0.3, 0.4) is 0 Å². The van der Waals surface area contributed by atoms with Crippen LogP contribution in [0.4, 0.5) is 0 Å². The Morgan fingerprint density at radius 1 is 1.39 bits per heavy atom. The van der Waals surface area contributed by atoms with Crippen molar-refractivity contribution in [3.8, 4) is 0 Å². The van der Waals surface area contributed by atoms with E-state index in [9.17, 15) is 5.11 Å². The highest BCUT2D eigenvalue weighted by atomic mass is 32.1. The summed E-state index contributed by atoms with van der Waals surface area (Å²) in [7, 11) is 0. The number of hydrogen-bond acceptors (Lipinski definition) is 6. The lowest BCUT2D eigenvalue weighted by Gasteiger charge is -2.18. The summed E-state index contributed by atoms with van der Waals surface area (Å²) in [4.78, 5) is 10.8. The number of nitrogens with zero attached hydrogens (tertiary/aromatic N) is 2. The van der Waals surface area contributed by atoms with E-state index in [1.54, 1.807) is 23.7 Å². The van der Waals surface area contributed by atoms with Crippen LogP contribution in [0.25, 0.3) is 0 Å². The number of nitrogens with two attached hydrogens (primary N) is 1. The van der Waals surface area contributed by atoms with Crippen molar-refractivity contribution in [1.29, 1.82) is 0 Å². The van der Waals surface area contributed by atoms with Gasteiger partial charge in [-0.15, -0.1) is 11.3 Å². The number of thiophene rings is 1. The zero-order valence-electron chi connectivity index (χ0n) is 12.9. The molecular formula is C17H21N3O2S. The Labute approximate surface area is 139 Å². The molecule has 2 aromatic rings. The van der Waals surface area contributed by atoms with Gasteiger partial charge in [0.2, 0.25) is 0 Å². The molecule has 0 saturated carbocycles. The second-order valence-corrected chi connectivity index (χ2v) is 6.74. The van der Waals surface area contributed by atoms with Gasteiger partial charge in [-0.25, -0.2) is 0 Å². The lowest BCUT2D eigenvalue weighted by molar-refractivity contribution is 0.0261. The van der Waals surface area contributed by atoms with Crippen molar-refractivity contribution < 1.29 is 9.94 Å². The summed E-state index contributed by atoms with van der Waals surface area (Å²) in [5, 5.41) is 16.4. The number of oxime groups is 1. The Hall–Kier alpha value is -1.76. The van der Waals surface area contributed by atoms with Crippen LogP contribution in [0, 0.1) is 0 Å².